The molecule has 5 nitrogen and oxygen atoms in total. The third-order valence-electron chi connectivity index (χ3n) is 3.35. The van der Waals surface area contributed by atoms with Crippen LogP contribution in [0.15, 0.2) is 63.5 Å². The molecule has 1 aliphatic heterocycles. The van der Waals surface area contributed by atoms with Crippen molar-refractivity contribution < 1.29 is 14.6 Å². The third-order valence-corrected chi connectivity index (χ3v) is 3.35. The largest absolute Gasteiger partial charge is 0.502 e. The molecule has 0 fully saturated rings. The number of hydrogen-bond acceptors (Lipinski definition) is 5. The van der Waals surface area contributed by atoms with Crippen LogP contribution in [0.5, 0.6) is 0 Å². The van der Waals surface area contributed by atoms with E-state index in [-0.39, 0.29) is 11.6 Å². The van der Waals surface area contributed by atoms with Crippen molar-refractivity contribution in [1.82, 2.24) is 4.90 Å². The van der Waals surface area contributed by atoms with Crippen molar-refractivity contribution in [3.05, 3.63) is 71.2 Å². The highest BCUT2D eigenvalue weighted by Gasteiger charge is 2.29. The van der Waals surface area contributed by atoms with E-state index in [0.29, 0.717) is 12.3 Å². The fourth-order valence-electron chi connectivity index (χ4n) is 2.30. The molecule has 1 aromatic carbocycles. The molecule has 1 atom stereocenters. The average molecular weight is 284 g/mol. The number of nitrogens with zero attached hydrogens (tertiary/aromatic N) is 2. The van der Waals surface area contributed by atoms with Crippen molar-refractivity contribution in [1.29, 1.82) is 0 Å². The summed E-state index contributed by atoms with van der Waals surface area (Å²) in [6.07, 6.45) is 0.758. The van der Waals surface area contributed by atoms with Crippen LogP contribution in [-0.4, -0.2) is 21.3 Å². The minimum atomic E-state index is -0.491. The molecule has 21 heavy (non-hydrogen) atoms. The lowest BCUT2D eigenvalue weighted by molar-refractivity contribution is 0.113. The van der Waals surface area contributed by atoms with Gasteiger partial charge in [-0.2, -0.15) is 0 Å². The van der Waals surface area contributed by atoms with Gasteiger partial charge >= 0.3 is 0 Å². The number of rotatable bonds is 3. The van der Waals surface area contributed by atoms with E-state index in [1.54, 1.807) is 4.90 Å². The number of hydrogen-bond donors (Lipinski definition) is 2. The average Bonchev–Trinajstić information content (AvgIpc) is 2.92. The minimum absolute atomic E-state index is 0.201. The van der Waals surface area contributed by atoms with Crippen LogP contribution in [0.3, 0.4) is 0 Å². The van der Waals surface area contributed by atoms with Crippen LogP contribution in [0.4, 0.5) is 0 Å². The van der Waals surface area contributed by atoms with Crippen LogP contribution in [0, 0.1) is 6.92 Å². The zero-order valence-electron chi connectivity index (χ0n) is 11.6. The Morgan fingerprint density at radius 1 is 1.14 bits per heavy atom. The first-order chi connectivity index (χ1) is 10.1. The maximum Gasteiger partial charge on any atom is 0.234 e. The van der Waals surface area contributed by atoms with Crippen LogP contribution in [0.1, 0.15) is 23.2 Å². The maximum absolute atomic E-state index is 10.2. The molecule has 0 bridgehead atoms. The van der Waals surface area contributed by atoms with E-state index in [4.69, 9.17) is 4.42 Å². The summed E-state index contributed by atoms with van der Waals surface area (Å²) in [7, 11) is 0. The summed E-state index contributed by atoms with van der Waals surface area (Å²) in [4.78, 5) is 5.86. The van der Waals surface area contributed by atoms with E-state index in [0.717, 1.165) is 11.3 Å². The highest BCUT2D eigenvalue weighted by Crippen LogP contribution is 2.31. The normalized spacial score (nSPS) is 18.3. The monoisotopic (exact) mass is 284 g/mol. The summed E-state index contributed by atoms with van der Waals surface area (Å²) in [6, 6.07) is 13.4. The fourth-order valence-corrected chi connectivity index (χ4v) is 2.30. The molecule has 3 rings (SSSR count). The molecule has 0 saturated heterocycles. The first-order valence-corrected chi connectivity index (χ1v) is 6.67. The van der Waals surface area contributed by atoms with Crippen LogP contribution in [-0.2, 0) is 6.54 Å². The van der Waals surface area contributed by atoms with Gasteiger partial charge in [0.25, 0.3) is 0 Å². The number of aliphatic imine (C=N–C) groups is 1. The molecule has 1 aromatic heterocycles. The zero-order chi connectivity index (χ0) is 14.8. The molecule has 0 amide bonds. The maximum atomic E-state index is 10.2. The van der Waals surface area contributed by atoms with Crippen molar-refractivity contribution >= 4 is 6.21 Å². The van der Waals surface area contributed by atoms with Crippen molar-refractivity contribution in [2.75, 3.05) is 0 Å². The Balaban J connectivity index is 1.93. The lowest BCUT2D eigenvalue weighted by Crippen LogP contribution is -2.30. The summed E-state index contributed by atoms with van der Waals surface area (Å²) in [5, 5.41) is 19.9. The molecular weight excluding hydrogens is 268 g/mol. The molecule has 0 spiro atoms. The van der Waals surface area contributed by atoms with Gasteiger partial charge in [0, 0.05) is 6.54 Å². The number of allylic oxidation sites excluding steroid dienone is 1. The third kappa shape index (κ3) is 2.63. The fraction of sp³-hybridized carbons (Fsp3) is 0.188. The number of aliphatic hydroxyl groups is 2. The molecule has 2 N–H and O–H groups in total. The van der Waals surface area contributed by atoms with Gasteiger partial charge in [0.15, 0.2) is 11.9 Å². The highest BCUT2D eigenvalue weighted by atomic mass is 16.3. The quantitative estimate of drug-likeness (QED) is 0.905. The van der Waals surface area contributed by atoms with Gasteiger partial charge in [-0.1, -0.05) is 30.3 Å². The van der Waals surface area contributed by atoms with Gasteiger partial charge in [0.1, 0.15) is 11.5 Å². The van der Waals surface area contributed by atoms with Crippen molar-refractivity contribution in [3.8, 4) is 0 Å². The van der Waals surface area contributed by atoms with E-state index in [1.807, 2.05) is 49.4 Å². The predicted molar refractivity (Wildman–Crippen MR) is 78.9 cm³/mol. The topological polar surface area (TPSA) is 69.2 Å². The molecule has 108 valence electrons. The molecule has 0 aliphatic carbocycles. The lowest BCUT2D eigenvalue weighted by atomic mass is 10.2. The Morgan fingerprint density at radius 3 is 2.57 bits per heavy atom. The zero-order valence-corrected chi connectivity index (χ0v) is 11.6. The SMILES string of the molecule is Cc1ccc(C2N=CC(O)=C(O)N2Cc2ccccc2)o1. The first kappa shape index (κ1) is 13.3. The molecule has 0 saturated carbocycles. The van der Waals surface area contributed by atoms with E-state index in [1.165, 1.54) is 6.21 Å². The Bertz CT molecular complexity index is 689. The minimum Gasteiger partial charge on any atom is -0.502 e. The van der Waals surface area contributed by atoms with Gasteiger partial charge in [-0.3, -0.25) is 4.99 Å². The van der Waals surface area contributed by atoms with E-state index in [2.05, 4.69) is 4.99 Å². The van der Waals surface area contributed by atoms with Crippen molar-refractivity contribution in [2.45, 2.75) is 19.6 Å². The van der Waals surface area contributed by atoms with Gasteiger partial charge in [-0.15, -0.1) is 0 Å². The van der Waals surface area contributed by atoms with Gasteiger partial charge < -0.3 is 19.5 Å². The highest BCUT2D eigenvalue weighted by molar-refractivity contribution is 5.77. The van der Waals surface area contributed by atoms with Gasteiger partial charge in [0.05, 0.1) is 6.21 Å². The second-order valence-corrected chi connectivity index (χ2v) is 4.92. The van der Waals surface area contributed by atoms with Gasteiger partial charge in [-0.25, -0.2) is 0 Å². The van der Waals surface area contributed by atoms with E-state index in [9.17, 15) is 10.2 Å². The molecule has 0 radical (unpaired) electrons. The summed E-state index contributed by atoms with van der Waals surface area (Å²) >= 11 is 0. The molecule has 2 heterocycles. The van der Waals surface area contributed by atoms with Crippen LogP contribution >= 0.6 is 0 Å². The van der Waals surface area contributed by atoms with E-state index < -0.39 is 6.17 Å². The first-order valence-electron chi connectivity index (χ1n) is 6.67. The Kier molecular flexibility index (Phi) is 3.39. The van der Waals surface area contributed by atoms with Crippen LogP contribution in [0.2, 0.25) is 0 Å². The smallest absolute Gasteiger partial charge is 0.234 e. The summed E-state index contributed by atoms with van der Waals surface area (Å²) in [5.74, 6) is 0.954. The summed E-state index contributed by atoms with van der Waals surface area (Å²) < 4.78 is 5.60. The standard InChI is InChI=1S/C16H16N2O3/c1-11-7-8-14(21-11)15-17-9-13(19)16(20)18(15)10-12-5-3-2-4-6-12/h2-9,15,19-20H,10H2,1H3. The van der Waals surface area contributed by atoms with Crippen molar-refractivity contribution in [2.24, 2.45) is 4.99 Å². The van der Waals surface area contributed by atoms with E-state index >= 15 is 0 Å². The molecule has 2 aromatic rings. The Labute approximate surface area is 122 Å². The van der Waals surface area contributed by atoms with Crippen LogP contribution in [0.25, 0.3) is 0 Å². The van der Waals surface area contributed by atoms with Gasteiger partial charge in [0.2, 0.25) is 5.88 Å². The Hall–Kier alpha value is -2.69. The second kappa shape index (κ2) is 5.36. The number of benzene rings is 1. The number of aryl methyl sites for hydroxylation is 1. The number of furan rings is 1. The van der Waals surface area contributed by atoms with Crippen LogP contribution < -0.4 is 0 Å². The Morgan fingerprint density at radius 2 is 1.90 bits per heavy atom. The molecule has 5 heteroatoms. The van der Waals surface area contributed by atoms with Gasteiger partial charge in [-0.05, 0) is 24.6 Å². The molecule has 1 unspecified atom stereocenters. The summed E-state index contributed by atoms with van der Waals surface area (Å²) in [6.45, 7) is 2.27. The number of aliphatic hydroxyl groups excluding tert-OH is 2. The molecular formula is C16H16N2O3. The molecule has 1 aliphatic rings. The van der Waals surface area contributed by atoms with Crippen molar-refractivity contribution in [3.63, 3.8) is 0 Å². The predicted octanol–water partition coefficient (Wildman–Crippen LogP) is 3.46. The second-order valence-electron chi connectivity index (χ2n) is 4.92. The lowest BCUT2D eigenvalue weighted by Gasteiger charge is -2.31. The summed E-state index contributed by atoms with van der Waals surface area (Å²) in [5.41, 5.74) is 1.00.